The van der Waals surface area contributed by atoms with Crippen molar-refractivity contribution in [3.05, 3.63) is 70.0 Å². The van der Waals surface area contributed by atoms with Crippen molar-refractivity contribution >= 4 is 16.8 Å². The molecule has 2 aromatic carbocycles. The maximum absolute atomic E-state index is 12.6. The first-order valence-corrected chi connectivity index (χ1v) is 8.05. The number of carbonyl (C=O) groups is 1. The first-order valence-electron chi connectivity index (χ1n) is 8.05. The smallest absolute Gasteiger partial charge is 0.348 e. The zero-order valence-corrected chi connectivity index (χ0v) is 14.2. The molecule has 0 saturated heterocycles. The molecular weight excluding hydrogens is 361 g/mol. The summed E-state index contributed by atoms with van der Waals surface area (Å²) < 4.78 is 38.8. The summed E-state index contributed by atoms with van der Waals surface area (Å²) in [6.45, 7) is 1.29. The van der Waals surface area contributed by atoms with Gasteiger partial charge in [0.1, 0.15) is 12.1 Å². The normalized spacial score (nSPS) is 12.7. The minimum Gasteiger partial charge on any atom is -0.348 e. The van der Waals surface area contributed by atoms with E-state index in [4.69, 9.17) is 0 Å². The van der Waals surface area contributed by atoms with Crippen LogP contribution in [0.1, 0.15) is 24.1 Å². The maximum Gasteiger partial charge on any atom is 0.416 e. The fraction of sp³-hybridized carbons (Fsp3) is 0.222. The highest BCUT2D eigenvalue weighted by Crippen LogP contribution is 2.29. The van der Waals surface area contributed by atoms with Gasteiger partial charge in [-0.2, -0.15) is 13.2 Å². The minimum atomic E-state index is -4.42. The molecule has 1 N–H and O–H groups in total. The molecule has 0 aliphatic rings. The fourth-order valence-corrected chi connectivity index (χ4v) is 2.59. The average molecular weight is 376 g/mol. The van der Waals surface area contributed by atoms with Gasteiger partial charge in [0, 0.05) is 0 Å². The lowest BCUT2D eigenvalue weighted by Crippen LogP contribution is -2.35. The van der Waals surface area contributed by atoms with Gasteiger partial charge in [0.25, 0.3) is 5.56 Å². The molecule has 6 nitrogen and oxygen atoms in total. The Balaban J connectivity index is 1.70. The number of carbonyl (C=O) groups excluding carboxylic acids is 1. The molecular formula is C18H15F3N4O2. The molecule has 0 fully saturated rings. The number of nitrogens with zero attached hydrogens (tertiary/aromatic N) is 3. The molecule has 0 radical (unpaired) electrons. The zero-order valence-electron chi connectivity index (χ0n) is 14.2. The van der Waals surface area contributed by atoms with Gasteiger partial charge in [-0.05, 0) is 36.8 Å². The van der Waals surface area contributed by atoms with Crippen molar-refractivity contribution in [3.8, 4) is 0 Å². The third-order valence-electron chi connectivity index (χ3n) is 4.04. The van der Waals surface area contributed by atoms with E-state index in [1.165, 1.54) is 12.1 Å². The summed E-state index contributed by atoms with van der Waals surface area (Å²) in [6, 6.07) is 10.6. The molecule has 1 unspecified atom stereocenters. The van der Waals surface area contributed by atoms with Gasteiger partial charge < -0.3 is 5.32 Å². The number of amides is 1. The molecule has 1 heterocycles. The van der Waals surface area contributed by atoms with Crippen molar-refractivity contribution in [2.75, 3.05) is 0 Å². The van der Waals surface area contributed by atoms with Crippen LogP contribution in [0.4, 0.5) is 13.2 Å². The van der Waals surface area contributed by atoms with Gasteiger partial charge in [-0.15, -0.1) is 5.10 Å². The van der Waals surface area contributed by atoms with Crippen molar-refractivity contribution in [3.63, 3.8) is 0 Å². The Kier molecular flexibility index (Phi) is 4.93. The van der Waals surface area contributed by atoms with Gasteiger partial charge in [-0.1, -0.05) is 29.5 Å². The second-order valence-corrected chi connectivity index (χ2v) is 5.98. The molecule has 1 atom stereocenters. The molecule has 0 saturated carbocycles. The molecule has 27 heavy (non-hydrogen) atoms. The van der Waals surface area contributed by atoms with Crippen molar-refractivity contribution in [1.82, 2.24) is 20.3 Å². The van der Waals surface area contributed by atoms with Crippen molar-refractivity contribution < 1.29 is 18.0 Å². The van der Waals surface area contributed by atoms with Gasteiger partial charge in [-0.3, -0.25) is 9.59 Å². The number of rotatable bonds is 4. The summed E-state index contributed by atoms with van der Waals surface area (Å²) >= 11 is 0. The zero-order chi connectivity index (χ0) is 19.6. The summed E-state index contributed by atoms with van der Waals surface area (Å²) in [5.74, 6) is -0.505. The largest absolute Gasteiger partial charge is 0.416 e. The predicted octanol–water partition coefficient (Wildman–Crippen LogP) is 2.69. The number of hydrogen-bond acceptors (Lipinski definition) is 4. The Morgan fingerprint density at radius 1 is 1.15 bits per heavy atom. The van der Waals surface area contributed by atoms with Gasteiger partial charge in [0.2, 0.25) is 5.91 Å². The van der Waals surface area contributed by atoms with Crippen LogP contribution in [0.15, 0.2) is 53.3 Å². The summed E-state index contributed by atoms with van der Waals surface area (Å²) in [7, 11) is 0. The molecule has 3 rings (SSSR count). The first-order chi connectivity index (χ1) is 12.8. The lowest BCUT2D eigenvalue weighted by atomic mass is 10.1. The first kappa shape index (κ1) is 18.6. The van der Waals surface area contributed by atoms with E-state index < -0.39 is 29.2 Å². The van der Waals surface area contributed by atoms with Crippen LogP contribution in [0.2, 0.25) is 0 Å². The number of benzene rings is 2. The molecule has 0 spiro atoms. The molecule has 0 aliphatic heterocycles. The van der Waals surface area contributed by atoms with E-state index in [0.29, 0.717) is 16.5 Å². The predicted molar refractivity (Wildman–Crippen MR) is 91.8 cm³/mol. The second-order valence-electron chi connectivity index (χ2n) is 5.98. The Labute approximate surface area is 151 Å². The number of alkyl halides is 3. The van der Waals surface area contributed by atoms with Crippen LogP contribution in [0.3, 0.4) is 0 Å². The molecule has 1 aromatic heterocycles. The fourth-order valence-electron chi connectivity index (χ4n) is 2.59. The van der Waals surface area contributed by atoms with E-state index in [-0.39, 0.29) is 6.54 Å². The average Bonchev–Trinajstić information content (AvgIpc) is 2.63. The SMILES string of the molecule is CC(NC(=O)Cn1nnc2ccccc2c1=O)c1ccc(C(F)(F)F)cc1. The quantitative estimate of drug-likeness (QED) is 0.760. The van der Waals surface area contributed by atoms with Gasteiger partial charge in [0.05, 0.1) is 17.0 Å². The van der Waals surface area contributed by atoms with Gasteiger partial charge in [-0.25, -0.2) is 4.68 Å². The monoisotopic (exact) mass is 376 g/mol. The number of halogens is 3. The van der Waals surface area contributed by atoms with E-state index in [9.17, 15) is 22.8 Å². The second kappa shape index (κ2) is 7.18. The van der Waals surface area contributed by atoms with Crippen LogP contribution in [-0.2, 0) is 17.5 Å². The lowest BCUT2D eigenvalue weighted by Gasteiger charge is -2.15. The number of hydrogen-bond donors (Lipinski definition) is 1. The topological polar surface area (TPSA) is 76.9 Å². The van der Waals surface area contributed by atoms with Crippen LogP contribution < -0.4 is 10.9 Å². The van der Waals surface area contributed by atoms with E-state index >= 15 is 0 Å². The standard InChI is InChI=1S/C18H15F3N4O2/c1-11(12-6-8-13(9-7-12)18(19,20)21)22-16(26)10-25-17(27)14-4-2-3-5-15(14)23-24-25/h2-9,11H,10H2,1H3,(H,22,26). The van der Waals surface area contributed by atoms with Crippen molar-refractivity contribution in [2.45, 2.75) is 25.7 Å². The highest BCUT2D eigenvalue weighted by Gasteiger charge is 2.30. The van der Waals surface area contributed by atoms with Crippen LogP contribution in [0, 0.1) is 0 Å². The maximum atomic E-state index is 12.6. The Bertz CT molecular complexity index is 1030. The van der Waals surface area contributed by atoms with Crippen LogP contribution in [-0.4, -0.2) is 20.9 Å². The van der Waals surface area contributed by atoms with Crippen LogP contribution >= 0.6 is 0 Å². The summed E-state index contributed by atoms with van der Waals surface area (Å²) in [5, 5.41) is 10.6. The number of nitrogens with one attached hydrogen (secondary N) is 1. The molecule has 140 valence electrons. The Morgan fingerprint density at radius 3 is 2.48 bits per heavy atom. The summed E-state index contributed by atoms with van der Waals surface area (Å²) in [5.41, 5.74) is -0.272. The van der Waals surface area contributed by atoms with E-state index in [1.807, 2.05) is 0 Å². The van der Waals surface area contributed by atoms with E-state index in [1.54, 1.807) is 31.2 Å². The number of aromatic nitrogens is 3. The van der Waals surface area contributed by atoms with E-state index in [0.717, 1.165) is 16.8 Å². The van der Waals surface area contributed by atoms with Crippen LogP contribution in [0.25, 0.3) is 10.9 Å². The van der Waals surface area contributed by atoms with Crippen molar-refractivity contribution in [2.24, 2.45) is 0 Å². The minimum absolute atomic E-state index is 0.344. The molecule has 0 aliphatic carbocycles. The third-order valence-corrected chi connectivity index (χ3v) is 4.04. The lowest BCUT2D eigenvalue weighted by molar-refractivity contribution is -0.137. The third kappa shape index (κ3) is 4.13. The van der Waals surface area contributed by atoms with Gasteiger partial charge >= 0.3 is 6.18 Å². The molecule has 1 amide bonds. The molecule has 9 heteroatoms. The Hall–Kier alpha value is -3.23. The Morgan fingerprint density at radius 2 is 1.81 bits per heavy atom. The van der Waals surface area contributed by atoms with E-state index in [2.05, 4.69) is 15.6 Å². The highest BCUT2D eigenvalue weighted by molar-refractivity contribution is 5.78. The highest BCUT2D eigenvalue weighted by atomic mass is 19.4. The summed E-state index contributed by atoms with van der Waals surface area (Å²) in [6.07, 6.45) is -4.42. The summed E-state index contributed by atoms with van der Waals surface area (Å²) in [4.78, 5) is 24.5. The number of fused-ring (bicyclic) bond motifs is 1. The molecule has 3 aromatic rings. The van der Waals surface area contributed by atoms with Crippen molar-refractivity contribution in [1.29, 1.82) is 0 Å². The molecule has 0 bridgehead atoms. The van der Waals surface area contributed by atoms with Gasteiger partial charge in [0.15, 0.2) is 0 Å². The van der Waals surface area contributed by atoms with Crippen LogP contribution in [0.5, 0.6) is 0 Å².